The number of hydrogen-bond donors (Lipinski definition) is 1. The number of hydrogen-bond acceptors (Lipinski definition) is 4. The number of rotatable bonds is 5. The van der Waals surface area contributed by atoms with E-state index in [-0.39, 0.29) is 11.2 Å². The summed E-state index contributed by atoms with van der Waals surface area (Å²) < 4.78 is 1.92. The topological polar surface area (TPSA) is 59.8 Å². The number of nitrogens with zero attached hydrogens (tertiary/aromatic N) is 3. The summed E-state index contributed by atoms with van der Waals surface area (Å²) in [7, 11) is 1.92. The molecule has 0 saturated carbocycles. The van der Waals surface area contributed by atoms with Gasteiger partial charge in [-0.3, -0.25) is 4.79 Å². The number of aromatic nitrogens is 3. The van der Waals surface area contributed by atoms with Crippen LogP contribution in [0, 0.1) is 13.8 Å². The maximum Gasteiger partial charge on any atom is 0.237 e. The molecule has 6 heteroatoms. The van der Waals surface area contributed by atoms with E-state index in [9.17, 15) is 4.79 Å². The van der Waals surface area contributed by atoms with Gasteiger partial charge in [0.2, 0.25) is 5.91 Å². The highest BCUT2D eigenvalue weighted by Crippen LogP contribution is 2.26. The predicted octanol–water partition coefficient (Wildman–Crippen LogP) is 4.22. The number of nitrogens with one attached hydrogen (secondary N) is 1. The molecule has 0 fully saturated rings. The number of thioether (sulfide) groups is 1. The lowest BCUT2D eigenvalue weighted by atomic mass is 10.1. The average molecular weight is 366 g/mol. The molecule has 3 aromatic rings. The molecular weight excluding hydrogens is 344 g/mol. The second-order valence-electron chi connectivity index (χ2n) is 6.35. The van der Waals surface area contributed by atoms with Crippen molar-refractivity contribution in [2.45, 2.75) is 31.2 Å². The minimum atomic E-state index is -0.287. The standard InChI is InChI=1S/C20H22N4OS/c1-13-5-9-16(10-6-13)18-22-23-20(24(18)4)26-15(3)19(25)21-17-11-7-14(2)8-12-17/h5-12,15H,1-4H3,(H,21,25)/t15-/m1/s1. The number of carbonyl (C=O) groups excluding carboxylic acids is 1. The first-order valence-corrected chi connectivity index (χ1v) is 9.32. The van der Waals surface area contributed by atoms with E-state index in [0.29, 0.717) is 5.16 Å². The second-order valence-corrected chi connectivity index (χ2v) is 7.65. The van der Waals surface area contributed by atoms with E-state index in [0.717, 1.165) is 22.6 Å². The molecule has 0 aliphatic rings. The van der Waals surface area contributed by atoms with Gasteiger partial charge in [-0.25, -0.2) is 0 Å². The van der Waals surface area contributed by atoms with Crippen molar-refractivity contribution in [2.24, 2.45) is 7.05 Å². The largest absolute Gasteiger partial charge is 0.325 e. The molecule has 0 aliphatic carbocycles. The van der Waals surface area contributed by atoms with Crippen LogP contribution in [0.2, 0.25) is 0 Å². The Kier molecular flexibility index (Phi) is 5.42. The SMILES string of the molecule is Cc1ccc(NC(=O)[C@@H](C)Sc2nnc(-c3ccc(C)cc3)n2C)cc1. The first-order chi connectivity index (χ1) is 12.4. The summed E-state index contributed by atoms with van der Waals surface area (Å²) in [4.78, 5) is 12.4. The lowest BCUT2D eigenvalue weighted by Crippen LogP contribution is -2.22. The molecule has 5 nitrogen and oxygen atoms in total. The van der Waals surface area contributed by atoms with E-state index in [2.05, 4.69) is 34.6 Å². The van der Waals surface area contributed by atoms with Gasteiger partial charge in [-0.2, -0.15) is 0 Å². The molecule has 1 aromatic heterocycles. The van der Waals surface area contributed by atoms with E-state index in [4.69, 9.17) is 0 Å². The molecule has 1 N–H and O–H groups in total. The zero-order valence-electron chi connectivity index (χ0n) is 15.4. The molecule has 0 aliphatic heterocycles. The molecule has 0 unspecified atom stereocenters. The molecule has 1 heterocycles. The van der Waals surface area contributed by atoms with Gasteiger partial charge in [0.1, 0.15) is 0 Å². The van der Waals surface area contributed by atoms with Crippen LogP contribution in [0.25, 0.3) is 11.4 Å². The van der Waals surface area contributed by atoms with Gasteiger partial charge in [0, 0.05) is 18.3 Å². The van der Waals surface area contributed by atoms with Crippen LogP contribution in [0.5, 0.6) is 0 Å². The van der Waals surface area contributed by atoms with Gasteiger partial charge in [0.25, 0.3) is 0 Å². The number of anilines is 1. The summed E-state index contributed by atoms with van der Waals surface area (Å²) in [5, 5.41) is 11.9. The normalized spacial score (nSPS) is 12.0. The molecule has 0 saturated heterocycles. The Balaban J connectivity index is 1.69. The Morgan fingerprint density at radius 1 is 1.00 bits per heavy atom. The fourth-order valence-electron chi connectivity index (χ4n) is 2.46. The van der Waals surface area contributed by atoms with Gasteiger partial charge in [0.15, 0.2) is 11.0 Å². The Labute approximate surface area is 157 Å². The zero-order valence-corrected chi connectivity index (χ0v) is 16.2. The van der Waals surface area contributed by atoms with Crippen LogP contribution >= 0.6 is 11.8 Å². The fraction of sp³-hybridized carbons (Fsp3) is 0.250. The highest BCUT2D eigenvalue weighted by molar-refractivity contribution is 8.00. The fourth-order valence-corrected chi connectivity index (χ4v) is 3.28. The van der Waals surface area contributed by atoms with E-state index >= 15 is 0 Å². The predicted molar refractivity (Wildman–Crippen MR) is 106 cm³/mol. The Morgan fingerprint density at radius 3 is 2.19 bits per heavy atom. The maximum absolute atomic E-state index is 12.4. The van der Waals surface area contributed by atoms with Crippen LogP contribution in [-0.2, 0) is 11.8 Å². The third-order valence-corrected chi connectivity index (χ3v) is 5.25. The van der Waals surface area contributed by atoms with Crippen LogP contribution in [0.1, 0.15) is 18.1 Å². The number of benzene rings is 2. The first kappa shape index (κ1) is 18.2. The summed E-state index contributed by atoms with van der Waals surface area (Å²) in [5.41, 5.74) is 4.17. The lowest BCUT2D eigenvalue weighted by molar-refractivity contribution is -0.115. The molecule has 0 radical (unpaired) electrons. The molecule has 0 bridgehead atoms. The van der Waals surface area contributed by atoms with Crippen molar-refractivity contribution >= 4 is 23.4 Å². The van der Waals surface area contributed by atoms with Crippen molar-refractivity contribution in [3.63, 3.8) is 0 Å². The van der Waals surface area contributed by atoms with Crippen molar-refractivity contribution in [1.29, 1.82) is 0 Å². The third kappa shape index (κ3) is 4.14. The summed E-state index contributed by atoms with van der Waals surface area (Å²) in [5.74, 6) is 0.734. The quantitative estimate of drug-likeness (QED) is 0.687. The summed E-state index contributed by atoms with van der Waals surface area (Å²) in [6.07, 6.45) is 0. The van der Waals surface area contributed by atoms with Gasteiger partial charge in [0.05, 0.1) is 5.25 Å². The molecule has 1 atom stereocenters. The van der Waals surface area contributed by atoms with Crippen LogP contribution in [0.4, 0.5) is 5.69 Å². The molecule has 3 rings (SSSR count). The minimum Gasteiger partial charge on any atom is -0.325 e. The smallest absolute Gasteiger partial charge is 0.237 e. The van der Waals surface area contributed by atoms with Crippen molar-refractivity contribution in [3.05, 3.63) is 59.7 Å². The van der Waals surface area contributed by atoms with E-state index in [1.54, 1.807) is 0 Å². The Hall–Kier alpha value is -2.60. The van der Waals surface area contributed by atoms with Gasteiger partial charge < -0.3 is 9.88 Å². The number of amides is 1. The zero-order chi connectivity index (χ0) is 18.7. The van der Waals surface area contributed by atoms with Crippen LogP contribution in [-0.4, -0.2) is 25.9 Å². The highest BCUT2D eigenvalue weighted by atomic mass is 32.2. The molecule has 26 heavy (non-hydrogen) atoms. The van der Waals surface area contributed by atoms with Crippen LogP contribution in [0.3, 0.4) is 0 Å². The lowest BCUT2D eigenvalue weighted by Gasteiger charge is -2.12. The second kappa shape index (κ2) is 7.74. The number of aryl methyl sites for hydroxylation is 2. The highest BCUT2D eigenvalue weighted by Gasteiger charge is 2.19. The van der Waals surface area contributed by atoms with E-state index in [1.165, 1.54) is 17.3 Å². The summed E-state index contributed by atoms with van der Waals surface area (Å²) in [6.45, 7) is 5.94. The van der Waals surface area contributed by atoms with Gasteiger partial charge in [-0.1, -0.05) is 59.3 Å². The van der Waals surface area contributed by atoms with Gasteiger partial charge in [-0.15, -0.1) is 10.2 Å². The maximum atomic E-state index is 12.4. The summed E-state index contributed by atoms with van der Waals surface area (Å²) >= 11 is 1.40. The van der Waals surface area contributed by atoms with E-state index in [1.807, 2.05) is 61.9 Å². The molecule has 134 valence electrons. The summed E-state index contributed by atoms with van der Waals surface area (Å²) in [6, 6.07) is 15.9. The number of carbonyl (C=O) groups is 1. The van der Waals surface area contributed by atoms with Crippen LogP contribution < -0.4 is 5.32 Å². The van der Waals surface area contributed by atoms with Crippen molar-refractivity contribution < 1.29 is 4.79 Å². The Bertz CT molecular complexity index is 901. The molecule has 2 aromatic carbocycles. The Morgan fingerprint density at radius 2 is 1.58 bits per heavy atom. The molecule has 1 amide bonds. The first-order valence-electron chi connectivity index (χ1n) is 8.44. The van der Waals surface area contributed by atoms with Crippen LogP contribution in [0.15, 0.2) is 53.7 Å². The third-order valence-electron chi connectivity index (χ3n) is 4.12. The average Bonchev–Trinajstić information content (AvgIpc) is 2.98. The monoisotopic (exact) mass is 366 g/mol. The van der Waals surface area contributed by atoms with Crippen molar-refractivity contribution in [3.8, 4) is 11.4 Å². The minimum absolute atomic E-state index is 0.0567. The van der Waals surface area contributed by atoms with Crippen molar-refractivity contribution in [2.75, 3.05) is 5.32 Å². The van der Waals surface area contributed by atoms with Gasteiger partial charge >= 0.3 is 0 Å². The van der Waals surface area contributed by atoms with Crippen molar-refractivity contribution in [1.82, 2.24) is 14.8 Å². The molecular formula is C20H22N4OS. The van der Waals surface area contributed by atoms with E-state index < -0.39 is 0 Å². The molecule has 0 spiro atoms. The van der Waals surface area contributed by atoms with Gasteiger partial charge in [-0.05, 0) is 32.9 Å².